The lowest BCUT2D eigenvalue weighted by molar-refractivity contribution is -0.276. The van der Waals surface area contributed by atoms with Crippen molar-refractivity contribution < 1.29 is 29.3 Å². The van der Waals surface area contributed by atoms with Crippen molar-refractivity contribution in [2.75, 3.05) is 19.6 Å². The minimum atomic E-state index is -0.607. The highest BCUT2D eigenvalue weighted by Gasteiger charge is 2.40. The number of rotatable bonds is 7. The van der Waals surface area contributed by atoms with Gasteiger partial charge in [-0.3, -0.25) is 19.4 Å². The van der Waals surface area contributed by atoms with Gasteiger partial charge in [-0.05, 0) is 35.2 Å². The molecule has 5 atom stereocenters. The monoisotopic (exact) mass is 542 g/mol. The summed E-state index contributed by atoms with van der Waals surface area (Å²) in [5.41, 5.74) is 4.43. The third kappa shape index (κ3) is 5.21. The van der Waals surface area contributed by atoms with Crippen LogP contribution < -0.4 is 0 Å². The summed E-state index contributed by atoms with van der Waals surface area (Å²) < 4.78 is 13.1. The molecule has 0 aliphatic carbocycles. The maximum Gasteiger partial charge on any atom is 0.261 e. The second kappa shape index (κ2) is 11.2. The molecule has 6 rings (SSSR count). The van der Waals surface area contributed by atoms with Gasteiger partial charge in [-0.1, -0.05) is 67.6 Å². The highest BCUT2D eigenvalue weighted by atomic mass is 16.7. The van der Waals surface area contributed by atoms with Gasteiger partial charge in [0.15, 0.2) is 6.29 Å². The second-order valence-electron chi connectivity index (χ2n) is 11.0. The zero-order valence-corrected chi connectivity index (χ0v) is 22.5. The molecular formula is C32H34N2O6. The standard InChI is InChI=1S/C32H34N2O6/c1-20-28(18-33-15-14-25(36)17-33)39-32(40-29(20)23-10-8-22(19-35)9-11-23)24-12-6-21(7-13-24)16-34-30(37)26-4-2-3-5-27(26)31(34)38/h2-13,20,25,28-29,32,35-36H,14-19H2,1H3. The predicted molar refractivity (Wildman–Crippen MR) is 147 cm³/mol. The number of amides is 2. The molecular weight excluding hydrogens is 508 g/mol. The molecule has 2 amide bonds. The zero-order valence-electron chi connectivity index (χ0n) is 22.5. The summed E-state index contributed by atoms with van der Waals surface area (Å²) in [4.78, 5) is 29.1. The average molecular weight is 543 g/mol. The molecule has 3 aromatic carbocycles. The quantitative estimate of drug-likeness (QED) is 0.438. The highest BCUT2D eigenvalue weighted by Crippen LogP contribution is 2.42. The lowest BCUT2D eigenvalue weighted by Gasteiger charge is -2.42. The van der Waals surface area contributed by atoms with E-state index in [2.05, 4.69) is 11.8 Å². The van der Waals surface area contributed by atoms with E-state index in [1.807, 2.05) is 48.5 Å². The maximum absolute atomic E-state index is 12.8. The molecule has 0 saturated carbocycles. The van der Waals surface area contributed by atoms with Gasteiger partial charge in [0.1, 0.15) is 0 Å². The Kier molecular flexibility index (Phi) is 7.53. The lowest BCUT2D eigenvalue weighted by Crippen LogP contribution is -2.44. The van der Waals surface area contributed by atoms with E-state index in [1.54, 1.807) is 24.3 Å². The molecule has 3 heterocycles. The molecule has 2 fully saturated rings. The number of aliphatic hydroxyl groups is 2. The Labute approximate surface area is 233 Å². The first-order chi connectivity index (χ1) is 19.4. The van der Waals surface area contributed by atoms with Gasteiger partial charge < -0.3 is 19.7 Å². The van der Waals surface area contributed by atoms with Crippen LogP contribution in [0.2, 0.25) is 0 Å². The van der Waals surface area contributed by atoms with E-state index < -0.39 is 6.29 Å². The first-order valence-electron chi connectivity index (χ1n) is 13.9. The molecule has 208 valence electrons. The molecule has 3 aliphatic heterocycles. The van der Waals surface area contributed by atoms with Gasteiger partial charge >= 0.3 is 0 Å². The molecule has 0 spiro atoms. The Morgan fingerprint density at radius 2 is 1.48 bits per heavy atom. The molecule has 0 bridgehead atoms. The Balaban J connectivity index is 1.21. The van der Waals surface area contributed by atoms with Crippen molar-refractivity contribution in [3.8, 4) is 0 Å². The fourth-order valence-electron chi connectivity index (χ4n) is 5.91. The minimum absolute atomic E-state index is 0.0138. The van der Waals surface area contributed by atoms with E-state index in [4.69, 9.17) is 9.47 Å². The molecule has 2 N–H and O–H groups in total. The number of carbonyl (C=O) groups is 2. The summed E-state index contributed by atoms with van der Waals surface area (Å²) in [6.07, 6.45) is -0.486. The number of fused-ring (bicyclic) bond motifs is 1. The van der Waals surface area contributed by atoms with Gasteiger partial charge in [-0.2, -0.15) is 0 Å². The number of carbonyl (C=O) groups excluding carboxylic acids is 2. The smallest absolute Gasteiger partial charge is 0.261 e. The van der Waals surface area contributed by atoms with Crippen LogP contribution in [0, 0.1) is 5.92 Å². The van der Waals surface area contributed by atoms with E-state index in [9.17, 15) is 19.8 Å². The van der Waals surface area contributed by atoms with Crippen LogP contribution >= 0.6 is 0 Å². The number of benzene rings is 3. The van der Waals surface area contributed by atoms with Crippen molar-refractivity contribution in [1.29, 1.82) is 0 Å². The van der Waals surface area contributed by atoms with E-state index >= 15 is 0 Å². The highest BCUT2D eigenvalue weighted by molar-refractivity contribution is 6.21. The number of likely N-dealkylation sites (tertiary alicyclic amines) is 1. The third-order valence-corrected chi connectivity index (χ3v) is 8.28. The fraction of sp³-hybridized carbons (Fsp3) is 0.375. The number of hydrogen-bond donors (Lipinski definition) is 2. The summed E-state index contributed by atoms with van der Waals surface area (Å²) >= 11 is 0. The summed E-state index contributed by atoms with van der Waals surface area (Å²) in [6, 6.07) is 22.4. The molecule has 8 nitrogen and oxygen atoms in total. The molecule has 3 aliphatic rings. The first kappa shape index (κ1) is 26.8. The van der Waals surface area contributed by atoms with Crippen LogP contribution in [-0.2, 0) is 22.6 Å². The van der Waals surface area contributed by atoms with Crippen molar-refractivity contribution in [3.63, 3.8) is 0 Å². The van der Waals surface area contributed by atoms with E-state index in [0.29, 0.717) is 24.2 Å². The summed E-state index contributed by atoms with van der Waals surface area (Å²) in [6.45, 7) is 4.47. The van der Waals surface area contributed by atoms with Gasteiger partial charge in [0.25, 0.3) is 11.8 Å². The van der Waals surface area contributed by atoms with E-state index in [1.165, 1.54) is 4.90 Å². The van der Waals surface area contributed by atoms with Crippen LogP contribution in [0.5, 0.6) is 0 Å². The molecule has 5 unspecified atom stereocenters. The van der Waals surface area contributed by atoms with Crippen molar-refractivity contribution in [2.45, 2.75) is 51.1 Å². The number of β-amino-alcohol motifs (C(OH)–C–C–N with tert-alkyl or cyclic N) is 1. The summed E-state index contributed by atoms with van der Waals surface area (Å²) in [5.74, 6) is -0.493. The van der Waals surface area contributed by atoms with Gasteiger partial charge in [0.05, 0.1) is 42.6 Å². The lowest BCUT2D eigenvalue weighted by atomic mass is 9.90. The molecule has 40 heavy (non-hydrogen) atoms. The van der Waals surface area contributed by atoms with Crippen molar-refractivity contribution in [2.24, 2.45) is 5.92 Å². The normalized spacial score (nSPS) is 26.9. The summed E-state index contributed by atoms with van der Waals surface area (Å²) in [7, 11) is 0. The van der Waals surface area contributed by atoms with E-state index in [0.717, 1.165) is 35.2 Å². The van der Waals surface area contributed by atoms with Gasteiger partial charge in [0.2, 0.25) is 0 Å². The number of imide groups is 1. The van der Waals surface area contributed by atoms with Crippen molar-refractivity contribution in [1.82, 2.24) is 9.80 Å². The minimum Gasteiger partial charge on any atom is -0.392 e. The Morgan fingerprint density at radius 3 is 2.08 bits per heavy atom. The van der Waals surface area contributed by atoms with Crippen LogP contribution in [-0.4, -0.2) is 63.7 Å². The van der Waals surface area contributed by atoms with Crippen LogP contribution in [0.15, 0.2) is 72.8 Å². The predicted octanol–water partition coefficient (Wildman–Crippen LogP) is 3.83. The number of hydrogen-bond acceptors (Lipinski definition) is 7. The van der Waals surface area contributed by atoms with Gasteiger partial charge in [-0.25, -0.2) is 0 Å². The largest absolute Gasteiger partial charge is 0.392 e. The summed E-state index contributed by atoms with van der Waals surface area (Å²) in [5, 5.41) is 19.5. The topological polar surface area (TPSA) is 99.5 Å². The Hall–Kier alpha value is -3.40. The SMILES string of the molecule is CC1C(CN2CCC(O)C2)OC(c2ccc(CN3C(=O)c4ccccc4C3=O)cc2)OC1c1ccc(CO)cc1. The maximum atomic E-state index is 12.8. The number of ether oxygens (including phenoxy) is 2. The third-order valence-electron chi connectivity index (χ3n) is 8.28. The average Bonchev–Trinajstić information content (AvgIpc) is 3.50. The molecule has 3 aromatic rings. The van der Waals surface area contributed by atoms with Crippen LogP contribution in [0.1, 0.15) is 68.7 Å². The van der Waals surface area contributed by atoms with Crippen molar-refractivity contribution >= 4 is 11.8 Å². The Morgan fingerprint density at radius 1 is 0.850 bits per heavy atom. The van der Waals surface area contributed by atoms with Crippen LogP contribution in [0.3, 0.4) is 0 Å². The van der Waals surface area contributed by atoms with Gasteiger partial charge in [0, 0.05) is 31.1 Å². The fourth-order valence-corrected chi connectivity index (χ4v) is 5.91. The number of nitrogens with zero attached hydrogens (tertiary/aromatic N) is 2. The van der Waals surface area contributed by atoms with Crippen LogP contribution in [0.4, 0.5) is 0 Å². The second-order valence-corrected chi connectivity index (χ2v) is 11.0. The van der Waals surface area contributed by atoms with Crippen molar-refractivity contribution in [3.05, 3.63) is 106 Å². The Bertz CT molecular complexity index is 1340. The van der Waals surface area contributed by atoms with Gasteiger partial charge in [-0.15, -0.1) is 0 Å². The molecule has 0 radical (unpaired) electrons. The zero-order chi connectivity index (χ0) is 27.8. The number of aliphatic hydroxyl groups excluding tert-OH is 2. The van der Waals surface area contributed by atoms with Crippen LogP contribution in [0.25, 0.3) is 0 Å². The molecule has 2 saturated heterocycles. The first-order valence-corrected chi connectivity index (χ1v) is 13.9. The molecule has 8 heteroatoms. The molecule has 0 aromatic heterocycles. The van der Waals surface area contributed by atoms with E-state index in [-0.39, 0.29) is 49.2 Å².